The quantitative estimate of drug-likeness (QED) is 0.290. The van der Waals surface area contributed by atoms with Crippen molar-refractivity contribution in [3.05, 3.63) is 48.0 Å². The van der Waals surface area contributed by atoms with Gasteiger partial charge in [0.05, 0.1) is 5.56 Å². The number of amides is 3. The van der Waals surface area contributed by atoms with Gasteiger partial charge in [-0.3, -0.25) is 19.3 Å². The predicted octanol–water partition coefficient (Wildman–Crippen LogP) is 3.27. The van der Waals surface area contributed by atoms with Crippen LogP contribution in [0.15, 0.2) is 36.9 Å². The van der Waals surface area contributed by atoms with E-state index in [4.69, 9.17) is 9.47 Å². The molecule has 1 heterocycles. The average Bonchev–Trinajstić information content (AvgIpc) is 2.89. The molecule has 1 unspecified atom stereocenters. The Morgan fingerprint density at radius 2 is 1.73 bits per heavy atom. The highest BCUT2D eigenvalue weighted by atomic mass is 19.4. The van der Waals surface area contributed by atoms with E-state index in [0.29, 0.717) is 0 Å². The molecular weight excluding hydrogens is 445 g/mol. The standard InChI is InChI=1S/C22H25F3N2O6/c1-5-12-32-19(30)16-13-26(20(31)33-21(2,3)4)10-11-27(18(16)29)17(28)14-6-8-15(9-7-14)22(23,24)25/h5-9,16H,1,10-13H2,2-4H3. The lowest BCUT2D eigenvalue weighted by Gasteiger charge is -2.27. The van der Waals surface area contributed by atoms with Gasteiger partial charge < -0.3 is 14.4 Å². The Kier molecular flexibility index (Phi) is 7.89. The highest BCUT2D eigenvalue weighted by molar-refractivity contribution is 6.10. The largest absolute Gasteiger partial charge is 0.461 e. The van der Waals surface area contributed by atoms with Gasteiger partial charge in [0.15, 0.2) is 5.92 Å². The van der Waals surface area contributed by atoms with Crippen molar-refractivity contribution in [3.8, 4) is 0 Å². The molecule has 180 valence electrons. The van der Waals surface area contributed by atoms with Crippen LogP contribution in [0.5, 0.6) is 0 Å². The summed E-state index contributed by atoms with van der Waals surface area (Å²) in [5.41, 5.74) is -1.98. The number of carbonyl (C=O) groups excluding carboxylic acids is 4. The number of esters is 1. The fourth-order valence-electron chi connectivity index (χ4n) is 2.98. The van der Waals surface area contributed by atoms with Gasteiger partial charge in [0.2, 0.25) is 5.91 Å². The molecule has 0 aliphatic carbocycles. The van der Waals surface area contributed by atoms with Crippen LogP contribution in [0.2, 0.25) is 0 Å². The third-order valence-corrected chi connectivity index (χ3v) is 4.54. The number of hydrogen-bond donors (Lipinski definition) is 0. The van der Waals surface area contributed by atoms with Crippen molar-refractivity contribution in [3.63, 3.8) is 0 Å². The summed E-state index contributed by atoms with van der Waals surface area (Å²) in [6.07, 6.45) is -4.09. The van der Waals surface area contributed by atoms with Crippen molar-refractivity contribution in [2.24, 2.45) is 5.92 Å². The number of rotatable bonds is 4. The van der Waals surface area contributed by atoms with Crippen molar-refractivity contribution in [2.75, 3.05) is 26.2 Å². The van der Waals surface area contributed by atoms with Crippen LogP contribution in [0.3, 0.4) is 0 Å². The lowest BCUT2D eigenvalue weighted by atomic mass is 10.1. The second kappa shape index (κ2) is 10.1. The molecule has 0 spiro atoms. The van der Waals surface area contributed by atoms with E-state index >= 15 is 0 Å². The molecule has 1 atom stereocenters. The Bertz CT molecular complexity index is 922. The zero-order valence-corrected chi connectivity index (χ0v) is 18.5. The first-order valence-electron chi connectivity index (χ1n) is 10.0. The van der Waals surface area contributed by atoms with E-state index < -0.39 is 47.1 Å². The van der Waals surface area contributed by atoms with Crippen LogP contribution in [0.1, 0.15) is 36.7 Å². The number of alkyl halides is 3. The van der Waals surface area contributed by atoms with Crippen molar-refractivity contribution >= 4 is 23.9 Å². The van der Waals surface area contributed by atoms with E-state index in [1.807, 2.05) is 0 Å². The first-order chi connectivity index (χ1) is 15.2. The maximum atomic E-state index is 13.1. The molecule has 33 heavy (non-hydrogen) atoms. The molecule has 1 aromatic rings. The lowest BCUT2D eigenvalue weighted by molar-refractivity contribution is -0.153. The highest BCUT2D eigenvalue weighted by Gasteiger charge is 2.41. The van der Waals surface area contributed by atoms with E-state index in [0.717, 1.165) is 34.1 Å². The number of halogens is 3. The molecular formula is C22H25F3N2O6. The number of nitrogens with zero attached hydrogens (tertiary/aromatic N) is 2. The second-order valence-electron chi connectivity index (χ2n) is 8.27. The third kappa shape index (κ3) is 6.80. The highest BCUT2D eigenvalue weighted by Crippen LogP contribution is 2.29. The van der Waals surface area contributed by atoms with E-state index in [9.17, 15) is 32.3 Å². The van der Waals surface area contributed by atoms with Crippen molar-refractivity contribution in [1.82, 2.24) is 9.80 Å². The van der Waals surface area contributed by atoms with Crippen LogP contribution >= 0.6 is 0 Å². The molecule has 1 saturated heterocycles. The van der Waals surface area contributed by atoms with E-state index in [2.05, 4.69) is 6.58 Å². The smallest absolute Gasteiger partial charge is 0.416 e. The molecule has 1 aliphatic rings. The third-order valence-electron chi connectivity index (χ3n) is 4.54. The minimum atomic E-state index is -4.59. The molecule has 0 bridgehead atoms. The Labute approximate surface area is 188 Å². The van der Waals surface area contributed by atoms with Crippen LogP contribution in [0, 0.1) is 5.92 Å². The summed E-state index contributed by atoms with van der Waals surface area (Å²) in [5.74, 6) is -4.33. The molecule has 1 fully saturated rings. The van der Waals surface area contributed by atoms with Gasteiger partial charge in [-0.2, -0.15) is 13.2 Å². The van der Waals surface area contributed by atoms with Gasteiger partial charge in [0, 0.05) is 25.2 Å². The summed E-state index contributed by atoms with van der Waals surface area (Å²) in [5, 5.41) is 0. The number of hydrogen-bond acceptors (Lipinski definition) is 6. The van der Waals surface area contributed by atoms with E-state index in [-0.39, 0.29) is 31.8 Å². The zero-order chi connectivity index (χ0) is 25.0. The Morgan fingerprint density at radius 1 is 1.12 bits per heavy atom. The van der Waals surface area contributed by atoms with Crippen LogP contribution in [-0.4, -0.2) is 65.5 Å². The van der Waals surface area contributed by atoms with Gasteiger partial charge in [0.25, 0.3) is 5.91 Å². The van der Waals surface area contributed by atoms with Gasteiger partial charge in [-0.05, 0) is 45.0 Å². The molecule has 2 rings (SSSR count). The number of carbonyl (C=O) groups is 4. The van der Waals surface area contributed by atoms with Gasteiger partial charge in [-0.25, -0.2) is 4.79 Å². The number of imide groups is 1. The normalized spacial score (nSPS) is 17.3. The van der Waals surface area contributed by atoms with Gasteiger partial charge in [-0.15, -0.1) is 0 Å². The second-order valence-corrected chi connectivity index (χ2v) is 8.27. The van der Waals surface area contributed by atoms with Gasteiger partial charge in [0.1, 0.15) is 12.2 Å². The van der Waals surface area contributed by atoms with Gasteiger partial charge in [-0.1, -0.05) is 12.7 Å². The van der Waals surface area contributed by atoms with E-state index in [1.54, 1.807) is 20.8 Å². The topological polar surface area (TPSA) is 93.2 Å². The average molecular weight is 470 g/mol. The number of benzene rings is 1. The Morgan fingerprint density at radius 3 is 2.24 bits per heavy atom. The fourth-order valence-corrected chi connectivity index (χ4v) is 2.98. The SMILES string of the molecule is C=CCOC(=O)C1CN(C(=O)OC(C)(C)C)CCN(C(=O)c2ccc(C(F)(F)F)cc2)C1=O. The summed E-state index contributed by atoms with van der Waals surface area (Å²) in [7, 11) is 0. The maximum Gasteiger partial charge on any atom is 0.416 e. The summed E-state index contributed by atoms with van der Waals surface area (Å²) in [6.45, 7) is 7.33. The minimum Gasteiger partial charge on any atom is -0.461 e. The molecule has 0 N–H and O–H groups in total. The molecule has 0 aromatic heterocycles. The van der Waals surface area contributed by atoms with E-state index in [1.165, 1.54) is 6.08 Å². The molecule has 0 radical (unpaired) electrons. The minimum absolute atomic E-state index is 0.141. The van der Waals surface area contributed by atoms with Gasteiger partial charge >= 0.3 is 18.2 Å². The maximum absolute atomic E-state index is 13.1. The number of ether oxygens (including phenoxy) is 2. The molecule has 0 saturated carbocycles. The fraction of sp³-hybridized carbons (Fsp3) is 0.455. The predicted molar refractivity (Wildman–Crippen MR) is 110 cm³/mol. The van der Waals surface area contributed by atoms with Crippen LogP contribution in [-0.2, 0) is 25.2 Å². The molecule has 3 amide bonds. The monoisotopic (exact) mass is 470 g/mol. The zero-order valence-electron chi connectivity index (χ0n) is 18.5. The van der Waals surface area contributed by atoms with Crippen molar-refractivity contribution in [2.45, 2.75) is 32.5 Å². The van der Waals surface area contributed by atoms with Crippen LogP contribution in [0.25, 0.3) is 0 Å². The Hall–Kier alpha value is -3.37. The summed E-state index contributed by atoms with van der Waals surface area (Å²) < 4.78 is 48.7. The summed E-state index contributed by atoms with van der Waals surface area (Å²) in [6, 6.07) is 3.33. The molecule has 11 heteroatoms. The van der Waals surface area contributed by atoms with Crippen molar-refractivity contribution in [1.29, 1.82) is 0 Å². The summed E-state index contributed by atoms with van der Waals surface area (Å²) >= 11 is 0. The first-order valence-corrected chi connectivity index (χ1v) is 10.0. The van der Waals surface area contributed by atoms with Crippen LogP contribution in [0.4, 0.5) is 18.0 Å². The molecule has 8 nitrogen and oxygen atoms in total. The lowest BCUT2D eigenvalue weighted by Crippen LogP contribution is -2.44. The van der Waals surface area contributed by atoms with Crippen molar-refractivity contribution < 1.29 is 41.8 Å². The summed E-state index contributed by atoms with van der Waals surface area (Å²) in [4.78, 5) is 52.9. The molecule has 1 aliphatic heterocycles. The Balaban J connectivity index is 2.33. The first kappa shape index (κ1) is 25.9. The van der Waals surface area contributed by atoms with Crippen LogP contribution < -0.4 is 0 Å². The molecule has 1 aromatic carbocycles.